The van der Waals surface area contributed by atoms with Crippen LogP contribution in [0.25, 0.3) is 0 Å². The van der Waals surface area contributed by atoms with E-state index in [9.17, 15) is 4.79 Å². The molecule has 1 aliphatic rings. The minimum absolute atomic E-state index is 0.0239. The summed E-state index contributed by atoms with van der Waals surface area (Å²) < 4.78 is 5.62. The Morgan fingerprint density at radius 3 is 2.95 bits per heavy atom. The van der Waals surface area contributed by atoms with Gasteiger partial charge in [0.05, 0.1) is 0 Å². The summed E-state index contributed by atoms with van der Waals surface area (Å²) in [4.78, 5) is 11.9. The predicted octanol–water partition coefficient (Wildman–Crippen LogP) is 1.64. The number of amides is 1. The van der Waals surface area contributed by atoms with Crippen molar-refractivity contribution in [3.8, 4) is 5.75 Å². The number of hydrogen-bond acceptors (Lipinski definition) is 3. The van der Waals surface area contributed by atoms with E-state index in [-0.39, 0.29) is 11.4 Å². The summed E-state index contributed by atoms with van der Waals surface area (Å²) in [5.74, 6) is 0.725. The lowest BCUT2D eigenvalue weighted by Crippen LogP contribution is -2.49. The van der Waals surface area contributed by atoms with Crippen LogP contribution in [0.3, 0.4) is 0 Å². The van der Waals surface area contributed by atoms with Crippen molar-refractivity contribution in [2.45, 2.75) is 25.8 Å². The van der Waals surface area contributed by atoms with Crippen molar-refractivity contribution >= 4 is 5.91 Å². The van der Waals surface area contributed by atoms with Gasteiger partial charge in [0.2, 0.25) is 0 Å². The summed E-state index contributed by atoms with van der Waals surface area (Å²) in [6.07, 6.45) is 0.795. The van der Waals surface area contributed by atoms with Crippen LogP contribution >= 0.6 is 0 Å². The van der Waals surface area contributed by atoms with E-state index in [1.807, 2.05) is 19.9 Å². The van der Waals surface area contributed by atoms with Crippen LogP contribution in [-0.4, -0.2) is 24.6 Å². The summed E-state index contributed by atoms with van der Waals surface area (Å²) in [5, 5.41) is 2.98. The number of carbonyl (C=O) groups excluding carboxylic acids is 1. The molecule has 0 saturated carbocycles. The summed E-state index contributed by atoms with van der Waals surface area (Å²) in [6.45, 7) is 8.64. The first-order chi connectivity index (χ1) is 8.91. The average molecular weight is 260 g/mol. The van der Waals surface area contributed by atoms with Crippen molar-refractivity contribution < 1.29 is 9.53 Å². The Kier molecular flexibility index (Phi) is 3.62. The molecule has 1 amide bonds. The fraction of sp³-hybridized carbons (Fsp3) is 0.400. The maximum Gasteiger partial charge on any atom is 0.251 e. The Labute approximate surface area is 113 Å². The minimum atomic E-state index is -0.219. The van der Waals surface area contributed by atoms with Gasteiger partial charge in [0.25, 0.3) is 5.91 Å². The Morgan fingerprint density at radius 2 is 2.26 bits per heavy atom. The number of fused-ring (bicyclic) bond motifs is 1. The maximum atomic E-state index is 11.9. The molecule has 4 nitrogen and oxygen atoms in total. The van der Waals surface area contributed by atoms with Gasteiger partial charge in [-0.25, -0.2) is 0 Å². The molecule has 1 aromatic carbocycles. The van der Waals surface area contributed by atoms with Crippen LogP contribution in [0.5, 0.6) is 5.75 Å². The van der Waals surface area contributed by atoms with Gasteiger partial charge in [-0.2, -0.15) is 0 Å². The van der Waals surface area contributed by atoms with E-state index in [4.69, 9.17) is 10.5 Å². The van der Waals surface area contributed by atoms with Crippen LogP contribution in [0.2, 0.25) is 0 Å². The molecule has 0 atom stereocenters. The molecule has 19 heavy (non-hydrogen) atoms. The number of hydrogen-bond donors (Lipinski definition) is 2. The largest absolute Gasteiger partial charge is 0.489 e. The van der Waals surface area contributed by atoms with E-state index in [0.717, 1.165) is 28.9 Å². The first-order valence-electron chi connectivity index (χ1n) is 6.36. The molecule has 1 aromatic rings. The summed E-state index contributed by atoms with van der Waals surface area (Å²) in [5.41, 5.74) is 7.84. The normalized spacial score (nSPS) is 16.5. The molecule has 4 heteroatoms. The van der Waals surface area contributed by atoms with Crippen molar-refractivity contribution in [2.24, 2.45) is 5.73 Å². The van der Waals surface area contributed by atoms with Gasteiger partial charge in [-0.3, -0.25) is 4.79 Å². The van der Waals surface area contributed by atoms with E-state index in [2.05, 4.69) is 11.9 Å². The van der Waals surface area contributed by atoms with Gasteiger partial charge < -0.3 is 15.8 Å². The van der Waals surface area contributed by atoms with Gasteiger partial charge in [0.1, 0.15) is 12.4 Å². The minimum Gasteiger partial charge on any atom is -0.489 e. The fourth-order valence-electron chi connectivity index (χ4n) is 2.17. The number of ether oxygens (including phenoxy) is 1. The fourth-order valence-corrected chi connectivity index (χ4v) is 2.17. The van der Waals surface area contributed by atoms with Crippen LogP contribution < -0.4 is 15.8 Å². The molecule has 102 valence electrons. The zero-order valence-corrected chi connectivity index (χ0v) is 11.5. The standard InChI is InChI=1S/C15H20N2O2/c1-10(8-16)9-19-12-4-5-13-11(6-12)7-15(2,3)17-14(13)18/h4-6H,1,7-9,16H2,2-3H3,(H,17,18). The molecular formula is C15H20N2O2. The topological polar surface area (TPSA) is 64.3 Å². The molecule has 0 unspecified atom stereocenters. The van der Waals surface area contributed by atoms with Crippen molar-refractivity contribution in [1.82, 2.24) is 5.32 Å². The molecule has 0 radical (unpaired) electrons. The van der Waals surface area contributed by atoms with Crippen LogP contribution in [0.15, 0.2) is 30.4 Å². The molecule has 0 aliphatic carbocycles. The smallest absolute Gasteiger partial charge is 0.251 e. The lowest BCUT2D eigenvalue weighted by molar-refractivity contribution is 0.0897. The van der Waals surface area contributed by atoms with Crippen molar-refractivity contribution in [1.29, 1.82) is 0 Å². The van der Waals surface area contributed by atoms with Crippen LogP contribution in [0, 0.1) is 0 Å². The summed E-state index contributed by atoms with van der Waals surface area (Å²) >= 11 is 0. The first-order valence-corrected chi connectivity index (χ1v) is 6.36. The van der Waals surface area contributed by atoms with Crippen LogP contribution in [0.1, 0.15) is 29.8 Å². The third-order valence-corrected chi connectivity index (χ3v) is 3.14. The monoisotopic (exact) mass is 260 g/mol. The first kappa shape index (κ1) is 13.6. The predicted molar refractivity (Wildman–Crippen MR) is 75.4 cm³/mol. The molecule has 3 N–H and O–H groups in total. The van der Waals surface area contributed by atoms with Gasteiger partial charge >= 0.3 is 0 Å². The molecular weight excluding hydrogens is 240 g/mol. The zero-order valence-electron chi connectivity index (χ0n) is 11.5. The highest BCUT2D eigenvalue weighted by molar-refractivity contribution is 5.97. The SMILES string of the molecule is C=C(CN)COc1ccc2c(c1)CC(C)(C)NC2=O. The van der Waals surface area contributed by atoms with E-state index in [1.165, 1.54) is 0 Å². The number of nitrogens with one attached hydrogen (secondary N) is 1. The molecule has 2 rings (SSSR count). The molecule has 0 fully saturated rings. The van der Waals surface area contributed by atoms with E-state index >= 15 is 0 Å². The van der Waals surface area contributed by atoms with Gasteiger partial charge in [0.15, 0.2) is 0 Å². The number of carbonyl (C=O) groups is 1. The van der Waals surface area contributed by atoms with Crippen molar-refractivity contribution in [3.63, 3.8) is 0 Å². The highest BCUT2D eigenvalue weighted by Crippen LogP contribution is 2.26. The average Bonchev–Trinajstić information content (AvgIpc) is 2.33. The van der Waals surface area contributed by atoms with Crippen molar-refractivity contribution in [3.05, 3.63) is 41.5 Å². The van der Waals surface area contributed by atoms with E-state index < -0.39 is 0 Å². The van der Waals surface area contributed by atoms with Crippen LogP contribution in [0.4, 0.5) is 0 Å². The van der Waals surface area contributed by atoms with Gasteiger partial charge in [0, 0.05) is 17.6 Å². The molecule has 1 heterocycles. The Bertz CT molecular complexity index is 521. The van der Waals surface area contributed by atoms with Crippen LogP contribution in [-0.2, 0) is 6.42 Å². The van der Waals surface area contributed by atoms with Gasteiger partial charge in [-0.15, -0.1) is 0 Å². The summed E-state index contributed by atoms with van der Waals surface area (Å²) in [7, 11) is 0. The Hall–Kier alpha value is -1.81. The van der Waals surface area contributed by atoms with E-state index in [1.54, 1.807) is 12.1 Å². The Balaban J connectivity index is 2.19. The molecule has 0 bridgehead atoms. The third kappa shape index (κ3) is 3.15. The molecule has 0 spiro atoms. The lowest BCUT2D eigenvalue weighted by atomic mass is 9.87. The zero-order chi connectivity index (χ0) is 14.0. The van der Waals surface area contributed by atoms with Gasteiger partial charge in [-0.05, 0) is 49.6 Å². The number of benzene rings is 1. The molecule has 0 aromatic heterocycles. The third-order valence-electron chi connectivity index (χ3n) is 3.14. The van der Waals surface area contributed by atoms with E-state index in [0.29, 0.717) is 13.2 Å². The quantitative estimate of drug-likeness (QED) is 0.809. The van der Waals surface area contributed by atoms with Gasteiger partial charge in [-0.1, -0.05) is 6.58 Å². The highest BCUT2D eigenvalue weighted by Gasteiger charge is 2.29. The van der Waals surface area contributed by atoms with Crippen molar-refractivity contribution in [2.75, 3.05) is 13.2 Å². The maximum absolute atomic E-state index is 11.9. The second-order valence-corrected chi connectivity index (χ2v) is 5.58. The Morgan fingerprint density at radius 1 is 1.53 bits per heavy atom. The second kappa shape index (κ2) is 5.05. The molecule has 1 aliphatic heterocycles. The second-order valence-electron chi connectivity index (χ2n) is 5.58. The number of rotatable bonds is 4. The number of nitrogens with two attached hydrogens (primary N) is 1. The summed E-state index contributed by atoms with van der Waals surface area (Å²) in [6, 6.07) is 5.54. The highest BCUT2D eigenvalue weighted by atomic mass is 16.5. The molecule has 0 saturated heterocycles. The lowest BCUT2D eigenvalue weighted by Gasteiger charge is -2.32.